The molecule has 1 saturated heterocycles. The standard InChI is InChI=1S/C17H21N5O3/c1-11-13(3-2-7-18-11)20-15(23)14-9-17(25-21-14)6-8-22(10-17)16(24)19-12-4-5-12/h2-3,7,12H,4-6,8-10H2,1H3,(H,19,24)(H,20,23)/t17-/m0/s1. The second kappa shape index (κ2) is 6.02. The Labute approximate surface area is 145 Å². The molecule has 2 aliphatic heterocycles. The Morgan fingerprint density at radius 2 is 2.24 bits per heavy atom. The zero-order valence-corrected chi connectivity index (χ0v) is 14.1. The molecule has 1 aromatic heterocycles. The Morgan fingerprint density at radius 3 is 3.00 bits per heavy atom. The summed E-state index contributed by atoms with van der Waals surface area (Å²) in [5.41, 5.74) is 1.19. The third kappa shape index (κ3) is 3.29. The molecule has 4 rings (SSSR count). The number of amides is 3. The Balaban J connectivity index is 1.35. The lowest BCUT2D eigenvalue weighted by atomic mass is 9.96. The molecule has 2 fully saturated rings. The minimum atomic E-state index is -0.572. The summed E-state index contributed by atoms with van der Waals surface area (Å²) in [5, 5.41) is 9.79. The molecule has 8 nitrogen and oxygen atoms in total. The zero-order valence-electron chi connectivity index (χ0n) is 14.1. The van der Waals surface area contributed by atoms with E-state index in [0.29, 0.717) is 43.4 Å². The molecule has 0 aromatic carbocycles. The van der Waals surface area contributed by atoms with Gasteiger partial charge in [0.05, 0.1) is 17.9 Å². The Kier molecular flexibility index (Phi) is 3.82. The topological polar surface area (TPSA) is 95.9 Å². The van der Waals surface area contributed by atoms with Crippen LogP contribution in [-0.4, -0.2) is 52.3 Å². The molecule has 0 radical (unpaired) electrons. The van der Waals surface area contributed by atoms with Crippen molar-refractivity contribution in [2.45, 2.75) is 44.2 Å². The van der Waals surface area contributed by atoms with E-state index in [2.05, 4.69) is 20.8 Å². The summed E-state index contributed by atoms with van der Waals surface area (Å²) < 4.78 is 0. The molecule has 3 aliphatic rings. The number of likely N-dealkylation sites (tertiary alicyclic amines) is 1. The van der Waals surface area contributed by atoms with Gasteiger partial charge in [-0.3, -0.25) is 9.78 Å². The summed E-state index contributed by atoms with van der Waals surface area (Å²) >= 11 is 0. The van der Waals surface area contributed by atoms with E-state index < -0.39 is 5.60 Å². The summed E-state index contributed by atoms with van der Waals surface area (Å²) in [6.07, 6.45) is 4.88. The number of pyridine rings is 1. The molecule has 1 atom stereocenters. The van der Waals surface area contributed by atoms with Crippen molar-refractivity contribution in [3.8, 4) is 0 Å². The second-order valence-electron chi connectivity index (χ2n) is 6.97. The number of hydrogen-bond donors (Lipinski definition) is 2. The molecule has 1 aromatic rings. The molecule has 1 saturated carbocycles. The van der Waals surface area contributed by atoms with Gasteiger partial charge in [-0.15, -0.1) is 0 Å². The van der Waals surface area contributed by atoms with Gasteiger partial charge in [-0.05, 0) is 31.9 Å². The van der Waals surface area contributed by atoms with Crippen molar-refractivity contribution >= 4 is 23.3 Å². The Bertz CT molecular complexity index is 746. The summed E-state index contributed by atoms with van der Waals surface area (Å²) in [7, 11) is 0. The number of urea groups is 1. The minimum absolute atomic E-state index is 0.0492. The first kappa shape index (κ1) is 15.9. The van der Waals surface area contributed by atoms with Crippen LogP contribution in [0.25, 0.3) is 0 Å². The number of oxime groups is 1. The summed E-state index contributed by atoms with van der Waals surface area (Å²) in [6, 6.07) is 3.84. The molecule has 2 N–H and O–H groups in total. The van der Waals surface area contributed by atoms with Gasteiger partial charge in [-0.1, -0.05) is 5.16 Å². The van der Waals surface area contributed by atoms with Crippen LogP contribution in [0.5, 0.6) is 0 Å². The molecule has 25 heavy (non-hydrogen) atoms. The fourth-order valence-electron chi connectivity index (χ4n) is 3.18. The molecule has 0 bridgehead atoms. The summed E-state index contributed by atoms with van der Waals surface area (Å²) in [4.78, 5) is 36.1. The first-order valence-corrected chi connectivity index (χ1v) is 8.58. The van der Waals surface area contributed by atoms with Crippen LogP contribution in [0.1, 0.15) is 31.4 Å². The van der Waals surface area contributed by atoms with Crippen molar-refractivity contribution in [1.29, 1.82) is 0 Å². The lowest BCUT2D eigenvalue weighted by Crippen LogP contribution is -2.42. The van der Waals surface area contributed by atoms with E-state index in [4.69, 9.17) is 4.84 Å². The van der Waals surface area contributed by atoms with Gasteiger partial charge >= 0.3 is 6.03 Å². The van der Waals surface area contributed by atoms with Crippen LogP contribution >= 0.6 is 0 Å². The van der Waals surface area contributed by atoms with E-state index in [9.17, 15) is 9.59 Å². The van der Waals surface area contributed by atoms with Crippen LogP contribution in [0.4, 0.5) is 10.5 Å². The van der Waals surface area contributed by atoms with E-state index >= 15 is 0 Å². The van der Waals surface area contributed by atoms with Crippen molar-refractivity contribution in [2.24, 2.45) is 5.16 Å². The van der Waals surface area contributed by atoms with E-state index in [-0.39, 0.29) is 11.9 Å². The normalized spacial score (nSPS) is 24.8. The van der Waals surface area contributed by atoms with Gasteiger partial charge < -0.3 is 20.4 Å². The van der Waals surface area contributed by atoms with Crippen LogP contribution in [-0.2, 0) is 9.63 Å². The van der Waals surface area contributed by atoms with E-state index in [0.717, 1.165) is 18.5 Å². The number of aryl methyl sites for hydroxylation is 1. The molecular weight excluding hydrogens is 322 g/mol. The van der Waals surface area contributed by atoms with E-state index in [1.54, 1.807) is 23.2 Å². The number of carbonyl (C=O) groups excluding carboxylic acids is 2. The van der Waals surface area contributed by atoms with Gasteiger partial charge in [0.15, 0.2) is 5.60 Å². The van der Waals surface area contributed by atoms with Crippen molar-refractivity contribution < 1.29 is 14.4 Å². The minimum Gasteiger partial charge on any atom is -0.386 e. The van der Waals surface area contributed by atoms with Gasteiger partial charge in [0.25, 0.3) is 5.91 Å². The average Bonchev–Trinajstić information content (AvgIpc) is 3.17. The van der Waals surface area contributed by atoms with Gasteiger partial charge in [-0.2, -0.15) is 0 Å². The SMILES string of the molecule is Cc1ncccc1NC(=O)C1=NO[C@@]2(CCN(C(=O)NC3CC3)C2)C1. The van der Waals surface area contributed by atoms with Crippen molar-refractivity contribution in [3.05, 3.63) is 24.0 Å². The van der Waals surface area contributed by atoms with Crippen molar-refractivity contribution in [2.75, 3.05) is 18.4 Å². The number of nitrogens with one attached hydrogen (secondary N) is 2. The van der Waals surface area contributed by atoms with Crippen LogP contribution in [0.15, 0.2) is 23.5 Å². The third-order valence-corrected chi connectivity index (χ3v) is 4.86. The number of aromatic nitrogens is 1. The van der Waals surface area contributed by atoms with Crippen LogP contribution in [0.3, 0.4) is 0 Å². The second-order valence-corrected chi connectivity index (χ2v) is 6.97. The quantitative estimate of drug-likeness (QED) is 0.867. The molecule has 3 amide bonds. The number of rotatable bonds is 3. The van der Waals surface area contributed by atoms with Gasteiger partial charge in [-0.25, -0.2) is 4.79 Å². The smallest absolute Gasteiger partial charge is 0.317 e. The molecule has 3 heterocycles. The highest BCUT2D eigenvalue weighted by molar-refractivity contribution is 6.43. The van der Waals surface area contributed by atoms with Crippen LogP contribution in [0, 0.1) is 6.92 Å². The van der Waals surface area contributed by atoms with E-state index in [1.165, 1.54) is 0 Å². The lowest BCUT2D eigenvalue weighted by Gasteiger charge is -2.21. The monoisotopic (exact) mass is 343 g/mol. The molecule has 132 valence electrons. The van der Waals surface area contributed by atoms with Crippen LogP contribution < -0.4 is 10.6 Å². The molecule has 1 aliphatic carbocycles. The summed E-state index contributed by atoms with van der Waals surface area (Å²) in [5.74, 6) is -0.283. The van der Waals surface area contributed by atoms with E-state index in [1.807, 2.05) is 6.92 Å². The highest BCUT2D eigenvalue weighted by atomic mass is 16.7. The predicted octanol–water partition coefficient (Wildman–Crippen LogP) is 1.42. The van der Waals surface area contributed by atoms with Gasteiger partial charge in [0.1, 0.15) is 5.71 Å². The zero-order chi connectivity index (χ0) is 17.4. The molecule has 8 heteroatoms. The fourth-order valence-corrected chi connectivity index (χ4v) is 3.18. The number of carbonyl (C=O) groups is 2. The third-order valence-electron chi connectivity index (χ3n) is 4.86. The largest absolute Gasteiger partial charge is 0.386 e. The number of hydrogen-bond acceptors (Lipinski definition) is 5. The first-order valence-electron chi connectivity index (χ1n) is 8.58. The highest BCUT2D eigenvalue weighted by Gasteiger charge is 2.48. The van der Waals surface area contributed by atoms with Crippen LogP contribution in [0.2, 0.25) is 0 Å². The predicted molar refractivity (Wildman–Crippen MR) is 91.2 cm³/mol. The van der Waals surface area contributed by atoms with Gasteiger partial charge in [0, 0.05) is 31.6 Å². The maximum Gasteiger partial charge on any atom is 0.317 e. The Hall–Kier alpha value is -2.64. The number of anilines is 1. The molecular formula is C17H21N5O3. The fraction of sp³-hybridized carbons (Fsp3) is 0.529. The molecule has 0 unspecified atom stereocenters. The maximum atomic E-state index is 12.4. The molecule has 1 spiro atoms. The van der Waals surface area contributed by atoms with Crippen molar-refractivity contribution in [1.82, 2.24) is 15.2 Å². The maximum absolute atomic E-state index is 12.4. The Morgan fingerprint density at radius 1 is 1.40 bits per heavy atom. The first-order chi connectivity index (χ1) is 12.0. The lowest BCUT2D eigenvalue weighted by molar-refractivity contribution is -0.110. The van der Waals surface area contributed by atoms with Gasteiger partial charge in [0.2, 0.25) is 0 Å². The number of nitrogens with zero attached hydrogens (tertiary/aromatic N) is 3. The van der Waals surface area contributed by atoms with Crippen molar-refractivity contribution in [3.63, 3.8) is 0 Å². The summed E-state index contributed by atoms with van der Waals surface area (Å²) in [6.45, 7) is 2.90. The average molecular weight is 343 g/mol. The highest BCUT2D eigenvalue weighted by Crippen LogP contribution is 2.34.